The Morgan fingerprint density at radius 2 is 1.85 bits per heavy atom. The summed E-state index contributed by atoms with van der Waals surface area (Å²) in [5, 5.41) is 6.44. The Balaban J connectivity index is 0.00000147. The molecule has 2 saturated carbocycles. The summed E-state index contributed by atoms with van der Waals surface area (Å²) in [6.07, 6.45) is 5.11. The fourth-order valence-corrected chi connectivity index (χ4v) is 2.50. The Kier molecular flexibility index (Phi) is 5.44. The highest BCUT2D eigenvalue weighted by Crippen LogP contribution is 2.40. The van der Waals surface area contributed by atoms with E-state index in [2.05, 4.69) is 22.8 Å². The van der Waals surface area contributed by atoms with Crippen LogP contribution in [0.3, 0.4) is 0 Å². The van der Waals surface area contributed by atoms with E-state index in [1.54, 1.807) is 0 Å². The van der Waals surface area contributed by atoms with Crippen molar-refractivity contribution in [2.45, 2.75) is 31.7 Å². The minimum absolute atomic E-state index is 0. The number of carbonyl (C=O) groups is 1. The average molecular weight is 295 g/mol. The zero-order chi connectivity index (χ0) is 13.1. The highest BCUT2D eigenvalue weighted by Gasteiger charge is 2.33. The van der Waals surface area contributed by atoms with Crippen molar-refractivity contribution in [1.29, 1.82) is 0 Å². The fourth-order valence-electron chi connectivity index (χ4n) is 2.50. The van der Waals surface area contributed by atoms with E-state index < -0.39 is 0 Å². The van der Waals surface area contributed by atoms with Crippen molar-refractivity contribution >= 4 is 18.3 Å². The van der Waals surface area contributed by atoms with Crippen molar-refractivity contribution in [1.82, 2.24) is 10.6 Å². The number of hydrogen-bond acceptors (Lipinski definition) is 2. The van der Waals surface area contributed by atoms with Gasteiger partial charge in [-0.15, -0.1) is 12.4 Å². The SMILES string of the molecule is Cl.O=C(CNCC1CC1)NC(c1ccccc1)C1CC1. The highest BCUT2D eigenvalue weighted by atomic mass is 35.5. The summed E-state index contributed by atoms with van der Waals surface area (Å²) in [7, 11) is 0. The lowest BCUT2D eigenvalue weighted by Crippen LogP contribution is -2.37. The maximum absolute atomic E-state index is 12.0. The van der Waals surface area contributed by atoms with Gasteiger partial charge in [-0.3, -0.25) is 4.79 Å². The molecule has 0 bridgehead atoms. The summed E-state index contributed by atoms with van der Waals surface area (Å²) < 4.78 is 0. The number of hydrogen-bond donors (Lipinski definition) is 2. The highest BCUT2D eigenvalue weighted by molar-refractivity contribution is 5.85. The molecule has 0 aliphatic heterocycles. The van der Waals surface area contributed by atoms with Crippen LogP contribution in [-0.4, -0.2) is 19.0 Å². The molecule has 3 rings (SSSR count). The Labute approximate surface area is 126 Å². The Bertz CT molecular complexity index is 429. The van der Waals surface area contributed by atoms with Crippen molar-refractivity contribution in [3.05, 3.63) is 35.9 Å². The van der Waals surface area contributed by atoms with Gasteiger partial charge in [-0.2, -0.15) is 0 Å². The number of amides is 1. The van der Waals surface area contributed by atoms with Gasteiger partial charge in [-0.05, 0) is 49.6 Å². The molecule has 0 aromatic heterocycles. The van der Waals surface area contributed by atoms with Crippen LogP contribution in [-0.2, 0) is 4.79 Å². The second kappa shape index (κ2) is 7.09. The van der Waals surface area contributed by atoms with Crippen molar-refractivity contribution in [3.63, 3.8) is 0 Å². The van der Waals surface area contributed by atoms with Gasteiger partial charge in [-0.25, -0.2) is 0 Å². The standard InChI is InChI=1S/C16H22N2O.ClH/c19-15(11-17-10-12-6-7-12)18-16(14-8-9-14)13-4-2-1-3-5-13;/h1-5,12,14,16-17H,6-11H2,(H,18,19);1H. The minimum atomic E-state index is 0. The van der Waals surface area contributed by atoms with Crippen LogP contribution in [0, 0.1) is 11.8 Å². The van der Waals surface area contributed by atoms with Gasteiger partial charge in [0, 0.05) is 0 Å². The van der Waals surface area contributed by atoms with Gasteiger partial charge in [-0.1, -0.05) is 30.3 Å². The van der Waals surface area contributed by atoms with Crippen LogP contribution in [0.15, 0.2) is 30.3 Å². The molecule has 2 N–H and O–H groups in total. The van der Waals surface area contributed by atoms with E-state index in [0.29, 0.717) is 12.5 Å². The van der Waals surface area contributed by atoms with Crippen LogP contribution in [0.4, 0.5) is 0 Å². The van der Waals surface area contributed by atoms with Crippen LogP contribution in [0.2, 0.25) is 0 Å². The van der Waals surface area contributed by atoms with E-state index in [1.165, 1.54) is 31.2 Å². The first-order valence-electron chi connectivity index (χ1n) is 7.38. The number of halogens is 1. The Morgan fingerprint density at radius 3 is 2.45 bits per heavy atom. The molecule has 1 unspecified atom stereocenters. The van der Waals surface area contributed by atoms with E-state index >= 15 is 0 Å². The third-order valence-corrected chi connectivity index (χ3v) is 3.98. The van der Waals surface area contributed by atoms with E-state index in [4.69, 9.17) is 0 Å². The summed E-state index contributed by atoms with van der Waals surface area (Å²) in [6.45, 7) is 1.44. The minimum Gasteiger partial charge on any atom is -0.348 e. The summed E-state index contributed by atoms with van der Waals surface area (Å²) in [4.78, 5) is 12.0. The lowest BCUT2D eigenvalue weighted by Gasteiger charge is -2.19. The van der Waals surface area contributed by atoms with Crippen molar-refractivity contribution < 1.29 is 4.79 Å². The van der Waals surface area contributed by atoms with E-state index in [1.807, 2.05) is 18.2 Å². The molecule has 0 spiro atoms. The molecule has 2 aliphatic carbocycles. The van der Waals surface area contributed by atoms with Gasteiger partial charge in [0.15, 0.2) is 0 Å². The van der Waals surface area contributed by atoms with Crippen LogP contribution >= 0.6 is 12.4 Å². The normalized spacial score (nSPS) is 19.0. The molecule has 20 heavy (non-hydrogen) atoms. The summed E-state index contributed by atoms with van der Waals surface area (Å²) in [6, 6.07) is 10.5. The second-order valence-electron chi connectivity index (χ2n) is 5.87. The Morgan fingerprint density at radius 1 is 1.15 bits per heavy atom. The first kappa shape index (κ1) is 15.3. The van der Waals surface area contributed by atoms with E-state index in [-0.39, 0.29) is 24.4 Å². The summed E-state index contributed by atoms with van der Waals surface area (Å²) in [5.74, 6) is 1.58. The lowest BCUT2D eigenvalue weighted by atomic mass is 10.0. The smallest absolute Gasteiger partial charge is 0.234 e. The van der Waals surface area contributed by atoms with Gasteiger partial charge in [0.25, 0.3) is 0 Å². The molecule has 2 fully saturated rings. The topological polar surface area (TPSA) is 41.1 Å². The maximum atomic E-state index is 12.0. The molecule has 1 atom stereocenters. The molecule has 1 aromatic carbocycles. The van der Waals surface area contributed by atoms with Crippen LogP contribution in [0.1, 0.15) is 37.3 Å². The monoisotopic (exact) mass is 294 g/mol. The fraction of sp³-hybridized carbons (Fsp3) is 0.562. The largest absolute Gasteiger partial charge is 0.348 e. The van der Waals surface area contributed by atoms with Crippen LogP contribution in [0.5, 0.6) is 0 Å². The molecule has 0 heterocycles. The number of benzene rings is 1. The van der Waals surface area contributed by atoms with Gasteiger partial charge >= 0.3 is 0 Å². The molecular weight excluding hydrogens is 272 g/mol. The molecule has 3 nitrogen and oxygen atoms in total. The Hall–Kier alpha value is -1.06. The molecule has 110 valence electrons. The van der Waals surface area contributed by atoms with Crippen LogP contribution in [0.25, 0.3) is 0 Å². The summed E-state index contributed by atoms with van der Waals surface area (Å²) in [5.41, 5.74) is 1.24. The molecule has 0 saturated heterocycles. The molecule has 2 aliphatic rings. The predicted molar refractivity (Wildman–Crippen MR) is 82.9 cm³/mol. The van der Waals surface area contributed by atoms with Crippen molar-refractivity contribution in [3.8, 4) is 0 Å². The third-order valence-electron chi connectivity index (χ3n) is 3.98. The van der Waals surface area contributed by atoms with Crippen LogP contribution < -0.4 is 10.6 Å². The zero-order valence-electron chi connectivity index (χ0n) is 11.7. The number of carbonyl (C=O) groups excluding carboxylic acids is 1. The van der Waals surface area contributed by atoms with Gasteiger partial charge in [0.1, 0.15) is 0 Å². The first-order valence-corrected chi connectivity index (χ1v) is 7.38. The van der Waals surface area contributed by atoms with Crippen molar-refractivity contribution in [2.75, 3.05) is 13.1 Å². The van der Waals surface area contributed by atoms with Gasteiger partial charge in [0.2, 0.25) is 5.91 Å². The number of rotatable bonds is 7. The maximum Gasteiger partial charge on any atom is 0.234 e. The summed E-state index contributed by atoms with van der Waals surface area (Å²) >= 11 is 0. The van der Waals surface area contributed by atoms with Gasteiger partial charge < -0.3 is 10.6 Å². The van der Waals surface area contributed by atoms with Gasteiger partial charge in [0.05, 0.1) is 12.6 Å². The molecule has 1 aromatic rings. The molecular formula is C16H23ClN2O. The molecule has 1 amide bonds. The lowest BCUT2D eigenvalue weighted by molar-refractivity contribution is -0.121. The van der Waals surface area contributed by atoms with E-state index in [0.717, 1.165) is 12.5 Å². The van der Waals surface area contributed by atoms with E-state index in [9.17, 15) is 4.79 Å². The first-order chi connectivity index (χ1) is 9.33. The molecule has 4 heteroatoms. The molecule has 0 radical (unpaired) electrons. The zero-order valence-corrected chi connectivity index (χ0v) is 12.5. The quantitative estimate of drug-likeness (QED) is 0.812. The predicted octanol–water partition coefficient (Wildman–Crippen LogP) is 2.68. The third kappa shape index (κ3) is 4.50. The second-order valence-corrected chi connectivity index (χ2v) is 5.87. The number of nitrogens with one attached hydrogen (secondary N) is 2. The van der Waals surface area contributed by atoms with Crippen molar-refractivity contribution in [2.24, 2.45) is 11.8 Å². The average Bonchev–Trinajstić information content (AvgIpc) is 3.29.